The Morgan fingerprint density at radius 1 is 0.784 bits per heavy atom. The zero-order valence-electron chi connectivity index (χ0n) is 19.9. The first kappa shape index (κ1) is 28.3. The summed E-state index contributed by atoms with van der Waals surface area (Å²) in [6, 6.07) is 13.5. The number of ether oxygens (including phenoxy) is 2. The summed E-state index contributed by atoms with van der Waals surface area (Å²) in [6.45, 7) is 4.54. The zero-order chi connectivity index (χ0) is 24.2. The number of amides is 2. The quantitative estimate of drug-likeness (QED) is 0.511. The number of halogens is 2. The predicted molar refractivity (Wildman–Crippen MR) is 143 cm³/mol. The molecule has 2 N–H and O–H groups in total. The van der Waals surface area contributed by atoms with Crippen molar-refractivity contribution in [3.05, 3.63) is 58.8 Å². The minimum absolute atomic E-state index is 0. The molecule has 1 aromatic heterocycles. The van der Waals surface area contributed by atoms with Gasteiger partial charge in [0.25, 0.3) is 0 Å². The van der Waals surface area contributed by atoms with Crippen LogP contribution in [-0.4, -0.2) is 74.3 Å². The Kier molecular flexibility index (Phi) is 9.76. The number of nitrogens with zero attached hydrogens (tertiary/aromatic N) is 2. The highest BCUT2D eigenvalue weighted by molar-refractivity contribution is 5.90. The number of nitrogens with one attached hydrogen (secondary N) is 2. The number of fused-ring (bicyclic) bond motifs is 1. The van der Waals surface area contributed by atoms with Gasteiger partial charge in [0, 0.05) is 64.0 Å². The molecular weight excluding hydrogens is 523 g/mol. The third-order valence-corrected chi connectivity index (χ3v) is 6.01. The molecule has 0 saturated carbocycles. The Morgan fingerprint density at radius 3 is 1.95 bits per heavy atom. The number of rotatable bonds is 3. The molecule has 10 nitrogen and oxygen atoms in total. The molecule has 37 heavy (non-hydrogen) atoms. The molecule has 2 aromatic carbocycles. The number of benzene rings is 2. The van der Waals surface area contributed by atoms with Gasteiger partial charge in [-0.05, 0) is 12.1 Å². The van der Waals surface area contributed by atoms with Gasteiger partial charge >= 0.3 is 12.2 Å². The minimum atomic E-state index is -0.605. The zero-order valence-corrected chi connectivity index (χ0v) is 21.6. The molecule has 2 saturated heterocycles. The van der Waals surface area contributed by atoms with Gasteiger partial charge in [-0.1, -0.05) is 30.3 Å². The normalized spacial score (nSPS) is 15.4. The molecule has 0 atom stereocenters. The van der Waals surface area contributed by atoms with Crippen LogP contribution >= 0.6 is 24.8 Å². The average Bonchev–Trinajstić information content (AvgIpc) is 2.91. The van der Waals surface area contributed by atoms with Crippen molar-refractivity contribution in [2.24, 2.45) is 0 Å². The summed E-state index contributed by atoms with van der Waals surface area (Å²) < 4.78 is 17.5. The predicted octanol–water partition coefficient (Wildman–Crippen LogP) is 3.11. The van der Waals surface area contributed by atoms with E-state index in [0.717, 1.165) is 0 Å². The summed E-state index contributed by atoms with van der Waals surface area (Å²) >= 11 is 0. The topological polar surface area (TPSA) is 113 Å². The second-order valence-corrected chi connectivity index (χ2v) is 8.32. The van der Waals surface area contributed by atoms with Crippen LogP contribution in [0.15, 0.2) is 57.7 Å². The third kappa shape index (κ3) is 6.34. The monoisotopic (exact) mass is 550 g/mol. The summed E-state index contributed by atoms with van der Waals surface area (Å²) in [5.74, 6) is 0.232. The molecule has 2 amide bonds. The molecule has 0 spiro atoms. The Labute approximate surface area is 225 Å². The smallest absolute Gasteiger partial charge is 0.415 e. The number of carbonyl (C=O) groups is 2. The van der Waals surface area contributed by atoms with Crippen molar-refractivity contribution in [1.82, 2.24) is 20.4 Å². The largest absolute Gasteiger partial charge is 0.452 e. The molecule has 3 aromatic rings. The van der Waals surface area contributed by atoms with Crippen LogP contribution in [0.2, 0.25) is 0 Å². The van der Waals surface area contributed by atoms with Crippen molar-refractivity contribution in [2.75, 3.05) is 52.4 Å². The van der Waals surface area contributed by atoms with Crippen LogP contribution in [0.4, 0.5) is 9.59 Å². The van der Waals surface area contributed by atoms with Crippen LogP contribution < -0.4 is 25.5 Å². The summed E-state index contributed by atoms with van der Waals surface area (Å²) in [5, 5.41) is 6.58. The number of piperazine rings is 2. The summed E-state index contributed by atoms with van der Waals surface area (Å²) in [6.07, 6.45) is -1.17. The molecule has 0 bridgehead atoms. The van der Waals surface area contributed by atoms with Gasteiger partial charge in [-0.3, -0.25) is 4.79 Å². The van der Waals surface area contributed by atoms with Crippen molar-refractivity contribution in [3.63, 3.8) is 0 Å². The maximum absolute atomic E-state index is 13.0. The molecule has 12 heteroatoms. The maximum Gasteiger partial charge on any atom is 0.415 e. The van der Waals surface area contributed by atoms with Crippen molar-refractivity contribution in [3.8, 4) is 22.8 Å². The minimum Gasteiger partial charge on any atom is -0.452 e. The first-order valence-electron chi connectivity index (χ1n) is 11.6. The standard InChI is InChI=1S/C25H26N4O6.2ClH/c30-19-16-21(17-4-2-1-3-5-17)33-22-18(19)6-7-20(34-24(31)28-12-8-26-9-13-28)23(22)35-25(32)29-14-10-27-11-15-29;;/h1-7,16,26-27H,8-15H2;2*1H. The summed E-state index contributed by atoms with van der Waals surface area (Å²) in [7, 11) is 0. The maximum atomic E-state index is 13.0. The lowest BCUT2D eigenvalue weighted by Crippen LogP contribution is -2.48. The lowest BCUT2D eigenvalue weighted by Gasteiger charge is -2.28. The molecule has 0 unspecified atom stereocenters. The van der Waals surface area contributed by atoms with Crippen molar-refractivity contribution < 1.29 is 23.5 Å². The van der Waals surface area contributed by atoms with Gasteiger partial charge in [0.05, 0.1) is 5.39 Å². The van der Waals surface area contributed by atoms with Crippen LogP contribution in [0, 0.1) is 0 Å². The molecule has 3 heterocycles. The molecule has 0 radical (unpaired) electrons. The van der Waals surface area contributed by atoms with Crippen molar-refractivity contribution in [1.29, 1.82) is 0 Å². The number of hydrogen-bond donors (Lipinski definition) is 2. The number of hydrogen-bond acceptors (Lipinski definition) is 8. The Hall–Kier alpha value is -3.31. The highest BCUT2D eigenvalue weighted by atomic mass is 35.5. The van der Waals surface area contributed by atoms with Crippen LogP contribution in [0.25, 0.3) is 22.3 Å². The molecule has 5 rings (SSSR count). The van der Waals surface area contributed by atoms with E-state index in [1.54, 1.807) is 9.80 Å². The fourth-order valence-corrected chi connectivity index (χ4v) is 4.10. The Morgan fingerprint density at radius 2 is 1.35 bits per heavy atom. The van der Waals surface area contributed by atoms with Gasteiger partial charge in [0.15, 0.2) is 16.8 Å². The van der Waals surface area contributed by atoms with E-state index in [0.29, 0.717) is 63.7 Å². The van der Waals surface area contributed by atoms with Crippen LogP contribution in [0.1, 0.15) is 0 Å². The van der Waals surface area contributed by atoms with Gasteiger partial charge in [-0.15, -0.1) is 24.8 Å². The molecule has 2 fully saturated rings. The first-order chi connectivity index (χ1) is 17.1. The van der Waals surface area contributed by atoms with E-state index in [1.807, 2.05) is 30.3 Å². The van der Waals surface area contributed by atoms with Gasteiger partial charge < -0.3 is 34.3 Å². The van der Waals surface area contributed by atoms with Crippen LogP contribution in [0.5, 0.6) is 11.5 Å². The van der Waals surface area contributed by atoms with Gasteiger partial charge in [0.1, 0.15) is 5.76 Å². The highest BCUT2D eigenvalue weighted by Gasteiger charge is 2.26. The van der Waals surface area contributed by atoms with Crippen molar-refractivity contribution in [2.45, 2.75) is 0 Å². The number of carbonyl (C=O) groups excluding carboxylic acids is 2. The molecule has 198 valence electrons. The molecule has 2 aliphatic heterocycles. The molecular formula is C25H28Cl2N4O6. The lowest BCUT2D eigenvalue weighted by molar-refractivity contribution is 0.136. The van der Waals surface area contributed by atoms with Crippen molar-refractivity contribution >= 4 is 48.0 Å². The fraction of sp³-hybridized carbons (Fsp3) is 0.320. The fourth-order valence-electron chi connectivity index (χ4n) is 4.10. The van der Waals surface area contributed by atoms with E-state index in [9.17, 15) is 14.4 Å². The highest BCUT2D eigenvalue weighted by Crippen LogP contribution is 2.37. The second-order valence-electron chi connectivity index (χ2n) is 8.32. The van der Waals surface area contributed by atoms with E-state index in [-0.39, 0.29) is 52.7 Å². The molecule has 2 aliphatic rings. The third-order valence-electron chi connectivity index (χ3n) is 6.01. The van der Waals surface area contributed by atoms with Gasteiger partial charge in [-0.2, -0.15) is 0 Å². The second kappa shape index (κ2) is 12.8. The van der Waals surface area contributed by atoms with Crippen LogP contribution in [-0.2, 0) is 0 Å². The van der Waals surface area contributed by atoms with E-state index in [2.05, 4.69) is 10.6 Å². The lowest BCUT2D eigenvalue weighted by atomic mass is 10.1. The van der Waals surface area contributed by atoms with E-state index >= 15 is 0 Å². The van der Waals surface area contributed by atoms with E-state index in [4.69, 9.17) is 13.9 Å². The summed E-state index contributed by atoms with van der Waals surface area (Å²) in [5.41, 5.74) is 0.434. The summed E-state index contributed by atoms with van der Waals surface area (Å²) in [4.78, 5) is 41.9. The first-order valence-corrected chi connectivity index (χ1v) is 11.6. The van der Waals surface area contributed by atoms with E-state index in [1.165, 1.54) is 18.2 Å². The average molecular weight is 551 g/mol. The van der Waals surface area contributed by atoms with Gasteiger partial charge in [0.2, 0.25) is 5.75 Å². The Balaban J connectivity index is 0.00000190. The van der Waals surface area contributed by atoms with Gasteiger partial charge in [-0.25, -0.2) is 9.59 Å². The van der Waals surface area contributed by atoms with Crippen LogP contribution in [0.3, 0.4) is 0 Å². The SMILES string of the molecule is Cl.Cl.O=C(Oc1ccc2c(=O)cc(-c3ccccc3)oc2c1OC(=O)N1CCNCC1)N1CCNCC1. The molecule has 0 aliphatic carbocycles. The van der Waals surface area contributed by atoms with E-state index < -0.39 is 12.2 Å². The Bertz CT molecular complexity index is 1290.